The summed E-state index contributed by atoms with van der Waals surface area (Å²) in [5.41, 5.74) is 1.10. The van der Waals surface area contributed by atoms with Gasteiger partial charge in [0.15, 0.2) is 0 Å². The second kappa shape index (κ2) is 5.47. The predicted octanol–water partition coefficient (Wildman–Crippen LogP) is 2.62. The first-order chi connectivity index (χ1) is 10.1. The Morgan fingerprint density at radius 2 is 1.95 bits per heavy atom. The summed E-state index contributed by atoms with van der Waals surface area (Å²) in [5.74, 6) is -0.752. The minimum atomic E-state index is -0.643. The minimum Gasteiger partial charge on any atom is -0.371 e. The van der Waals surface area contributed by atoms with Crippen LogP contribution in [-0.4, -0.2) is 28.8 Å². The number of nitrogens with one attached hydrogen (secondary N) is 1. The van der Waals surface area contributed by atoms with Gasteiger partial charge in [-0.15, -0.1) is 0 Å². The number of aryl methyl sites for hydroxylation is 1. The van der Waals surface area contributed by atoms with Crippen molar-refractivity contribution in [2.45, 2.75) is 51.1 Å². The number of carbonyl (C=O) groups excluding carboxylic acids is 2. The van der Waals surface area contributed by atoms with Crippen LogP contribution < -0.4 is 5.32 Å². The molecule has 2 fully saturated rings. The molecular formula is C16H19FN2O2. The molecule has 1 unspecified atom stereocenters. The smallest absolute Gasteiger partial charge is 0.252 e. The maximum absolute atomic E-state index is 13.9. The van der Waals surface area contributed by atoms with E-state index in [0.717, 1.165) is 31.2 Å². The molecule has 1 heterocycles. The molecule has 1 saturated heterocycles. The van der Waals surface area contributed by atoms with E-state index in [0.29, 0.717) is 0 Å². The Labute approximate surface area is 123 Å². The van der Waals surface area contributed by atoms with E-state index >= 15 is 0 Å². The van der Waals surface area contributed by atoms with Crippen LogP contribution in [-0.2, 0) is 9.59 Å². The Kier molecular flexibility index (Phi) is 3.66. The summed E-state index contributed by atoms with van der Waals surface area (Å²) >= 11 is 0. The number of benzene rings is 1. The lowest BCUT2D eigenvalue weighted by Crippen LogP contribution is -2.41. The molecule has 3 rings (SSSR count). The summed E-state index contributed by atoms with van der Waals surface area (Å²) in [5, 5.41) is 2.88. The Balaban J connectivity index is 1.75. The molecule has 1 N–H and O–H groups in total. The van der Waals surface area contributed by atoms with Gasteiger partial charge in [-0.25, -0.2) is 4.39 Å². The number of hydrogen-bond acceptors (Lipinski definition) is 3. The molecule has 1 aromatic rings. The summed E-state index contributed by atoms with van der Waals surface area (Å²) < 4.78 is 13.9. The van der Waals surface area contributed by atoms with Gasteiger partial charge >= 0.3 is 0 Å². The lowest BCUT2D eigenvalue weighted by molar-refractivity contribution is -0.141. The van der Waals surface area contributed by atoms with Crippen LogP contribution in [0.3, 0.4) is 0 Å². The average Bonchev–Trinajstić information content (AvgIpc) is 3.02. The van der Waals surface area contributed by atoms with Crippen LogP contribution in [0.2, 0.25) is 0 Å². The lowest BCUT2D eigenvalue weighted by Gasteiger charge is -2.22. The largest absolute Gasteiger partial charge is 0.371 e. The first-order valence-electron chi connectivity index (χ1n) is 7.45. The van der Waals surface area contributed by atoms with Crippen molar-refractivity contribution in [2.24, 2.45) is 0 Å². The molecular weight excluding hydrogens is 271 g/mol. The van der Waals surface area contributed by atoms with E-state index in [1.165, 1.54) is 11.0 Å². The second-order valence-electron chi connectivity index (χ2n) is 5.92. The van der Waals surface area contributed by atoms with Gasteiger partial charge in [0.1, 0.15) is 11.9 Å². The second-order valence-corrected chi connectivity index (χ2v) is 5.92. The zero-order valence-corrected chi connectivity index (χ0v) is 12.1. The SMILES string of the molecule is Cc1ccc(NC2CC(=O)N(C3CCCC3)C2=O)c(F)c1. The van der Waals surface area contributed by atoms with Crippen molar-refractivity contribution in [1.29, 1.82) is 0 Å². The molecule has 0 radical (unpaired) electrons. The fourth-order valence-corrected chi connectivity index (χ4v) is 3.23. The molecule has 2 aliphatic rings. The van der Waals surface area contributed by atoms with E-state index in [1.54, 1.807) is 19.1 Å². The fourth-order valence-electron chi connectivity index (χ4n) is 3.23. The van der Waals surface area contributed by atoms with E-state index in [1.807, 2.05) is 0 Å². The van der Waals surface area contributed by atoms with Gasteiger partial charge in [0, 0.05) is 6.04 Å². The third kappa shape index (κ3) is 2.64. The van der Waals surface area contributed by atoms with E-state index in [9.17, 15) is 14.0 Å². The van der Waals surface area contributed by atoms with Crippen LogP contribution in [0, 0.1) is 12.7 Å². The highest BCUT2D eigenvalue weighted by atomic mass is 19.1. The molecule has 5 heteroatoms. The fraction of sp³-hybridized carbons (Fsp3) is 0.500. The molecule has 21 heavy (non-hydrogen) atoms. The maximum Gasteiger partial charge on any atom is 0.252 e. The normalized spacial score (nSPS) is 23.1. The topological polar surface area (TPSA) is 49.4 Å². The van der Waals surface area contributed by atoms with Crippen molar-refractivity contribution in [3.8, 4) is 0 Å². The zero-order chi connectivity index (χ0) is 15.0. The highest BCUT2D eigenvalue weighted by molar-refractivity contribution is 6.07. The van der Waals surface area contributed by atoms with Crippen LogP contribution in [0.1, 0.15) is 37.7 Å². The lowest BCUT2D eigenvalue weighted by atomic mass is 10.2. The predicted molar refractivity (Wildman–Crippen MR) is 77.3 cm³/mol. The number of imide groups is 1. The molecule has 112 valence electrons. The van der Waals surface area contributed by atoms with Crippen molar-refractivity contribution in [3.63, 3.8) is 0 Å². The first kappa shape index (κ1) is 14.0. The Morgan fingerprint density at radius 3 is 2.62 bits per heavy atom. The summed E-state index contributed by atoms with van der Waals surface area (Å²) in [6.45, 7) is 1.80. The van der Waals surface area contributed by atoms with E-state index < -0.39 is 11.9 Å². The van der Waals surface area contributed by atoms with E-state index in [2.05, 4.69) is 5.32 Å². The molecule has 1 saturated carbocycles. The maximum atomic E-state index is 13.9. The molecule has 1 aliphatic carbocycles. The molecule has 1 aliphatic heterocycles. The van der Waals surface area contributed by atoms with Gasteiger partial charge in [0.2, 0.25) is 5.91 Å². The highest BCUT2D eigenvalue weighted by Gasteiger charge is 2.43. The Morgan fingerprint density at radius 1 is 1.24 bits per heavy atom. The van der Waals surface area contributed by atoms with Gasteiger partial charge in [0.05, 0.1) is 12.1 Å². The van der Waals surface area contributed by atoms with Crippen LogP contribution >= 0.6 is 0 Å². The van der Waals surface area contributed by atoms with E-state index in [-0.39, 0.29) is 30.0 Å². The van der Waals surface area contributed by atoms with Crippen molar-refractivity contribution >= 4 is 17.5 Å². The number of anilines is 1. The highest BCUT2D eigenvalue weighted by Crippen LogP contribution is 2.29. The third-order valence-electron chi connectivity index (χ3n) is 4.33. The van der Waals surface area contributed by atoms with Gasteiger partial charge in [-0.2, -0.15) is 0 Å². The van der Waals surface area contributed by atoms with E-state index in [4.69, 9.17) is 0 Å². The molecule has 1 atom stereocenters. The average molecular weight is 290 g/mol. The monoisotopic (exact) mass is 290 g/mol. The number of rotatable bonds is 3. The zero-order valence-electron chi connectivity index (χ0n) is 12.1. The van der Waals surface area contributed by atoms with Gasteiger partial charge < -0.3 is 5.32 Å². The van der Waals surface area contributed by atoms with Gasteiger partial charge in [-0.05, 0) is 37.5 Å². The molecule has 0 spiro atoms. The standard InChI is InChI=1S/C16H19FN2O2/c1-10-6-7-13(12(17)8-10)18-14-9-15(20)19(16(14)21)11-4-2-3-5-11/h6-8,11,14,18H,2-5,9H2,1H3. The Bertz CT molecular complexity index is 582. The molecule has 0 bridgehead atoms. The summed E-state index contributed by atoms with van der Waals surface area (Å²) in [4.78, 5) is 25.9. The Hall–Kier alpha value is -1.91. The van der Waals surface area contributed by atoms with Gasteiger partial charge in [-0.3, -0.25) is 14.5 Å². The van der Waals surface area contributed by atoms with Crippen LogP contribution in [0.5, 0.6) is 0 Å². The molecule has 1 aromatic carbocycles. The number of hydrogen-bond donors (Lipinski definition) is 1. The molecule has 4 nitrogen and oxygen atoms in total. The number of halogens is 1. The van der Waals surface area contributed by atoms with Crippen molar-refractivity contribution in [3.05, 3.63) is 29.6 Å². The quantitative estimate of drug-likeness (QED) is 0.871. The number of nitrogens with zero attached hydrogens (tertiary/aromatic N) is 1. The molecule has 0 aromatic heterocycles. The summed E-state index contributed by atoms with van der Waals surface area (Å²) in [6.07, 6.45) is 4.02. The van der Waals surface area contributed by atoms with Gasteiger partial charge in [-0.1, -0.05) is 18.9 Å². The minimum absolute atomic E-state index is 0.0414. The number of amides is 2. The summed E-state index contributed by atoms with van der Waals surface area (Å²) in [6, 6.07) is 4.20. The number of likely N-dealkylation sites (tertiary alicyclic amines) is 1. The third-order valence-corrected chi connectivity index (χ3v) is 4.33. The van der Waals surface area contributed by atoms with Crippen molar-refractivity contribution < 1.29 is 14.0 Å². The van der Waals surface area contributed by atoms with Crippen LogP contribution in [0.15, 0.2) is 18.2 Å². The first-order valence-corrected chi connectivity index (χ1v) is 7.45. The van der Waals surface area contributed by atoms with Crippen LogP contribution in [0.4, 0.5) is 10.1 Å². The number of carbonyl (C=O) groups is 2. The summed E-state index contributed by atoms with van der Waals surface area (Å²) in [7, 11) is 0. The van der Waals surface area contributed by atoms with Gasteiger partial charge in [0.25, 0.3) is 5.91 Å². The van der Waals surface area contributed by atoms with Crippen molar-refractivity contribution in [2.75, 3.05) is 5.32 Å². The molecule has 2 amide bonds. The van der Waals surface area contributed by atoms with Crippen molar-refractivity contribution in [1.82, 2.24) is 4.90 Å². The van der Waals surface area contributed by atoms with Crippen LogP contribution in [0.25, 0.3) is 0 Å².